The zero-order valence-corrected chi connectivity index (χ0v) is 9.26. The quantitative estimate of drug-likeness (QED) is 0.822. The van der Waals surface area contributed by atoms with Crippen LogP contribution in [0.5, 0.6) is 0 Å². The third kappa shape index (κ3) is 2.17. The van der Waals surface area contributed by atoms with Crippen molar-refractivity contribution in [2.75, 3.05) is 6.54 Å². The van der Waals surface area contributed by atoms with E-state index in [2.05, 4.69) is 24.1 Å². The number of nitrogens with one attached hydrogen (secondary N) is 1. The van der Waals surface area contributed by atoms with Gasteiger partial charge in [0.1, 0.15) is 5.82 Å². The average Bonchev–Trinajstić information content (AvgIpc) is 2.94. The Kier molecular flexibility index (Phi) is 2.74. The molecule has 0 amide bonds. The van der Waals surface area contributed by atoms with Crippen LogP contribution in [0.3, 0.4) is 0 Å². The molecule has 2 nitrogen and oxygen atoms in total. The molecule has 1 aliphatic rings. The highest BCUT2D eigenvalue weighted by Gasteiger charge is 2.45. The van der Waals surface area contributed by atoms with E-state index in [9.17, 15) is 4.39 Å². The Morgan fingerprint density at radius 1 is 1.53 bits per heavy atom. The molecule has 15 heavy (non-hydrogen) atoms. The molecule has 3 heteroatoms. The lowest BCUT2D eigenvalue weighted by Gasteiger charge is -2.24. The van der Waals surface area contributed by atoms with Crippen LogP contribution in [0.25, 0.3) is 0 Å². The van der Waals surface area contributed by atoms with Gasteiger partial charge >= 0.3 is 0 Å². The number of pyridine rings is 1. The lowest BCUT2D eigenvalue weighted by atomic mass is 9.93. The Labute approximate surface area is 89.9 Å². The first kappa shape index (κ1) is 10.6. The molecule has 1 unspecified atom stereocenters. The number of aromatic nitrogens is 1. The SMILES string of the molecule is CCNC(c1cncc(F)c1)C1(C)CC1. The molecule has 1 aromatic rings. The van der Waals surface area contributed by atoms with E-state index in [-0.39, 0.29) is 11.9 Å². The van der Waals surface area contributed by atoms with E-state index in [4.69, 9.17) is 0 Å². The maximum absolute atomic E-state index is 13.1. The van der Waals surface area contributed by atoms with Crippen molar-refractivity contribution in [3.63, 3.8) is 0 Å². The molecule has 1 N–H and O–H groups in total. The first-order valence-electron chi connectivity index (χ1n) is 5.49. The Hall–Kier alpha value is -0.960. The third-order valence-corrected chi connectivity index (χ3v) is 3.20. The van der Waals surface area contributed by atoms with Crippen LogP contribution in [0.1, 0.15) is 38.3 Å². The van der Waals surface area contributed by atoms with Gasteiger partial charge in [0, 0.05) is 12.2 Å². The van der Waals surface area contributed by atoms with Gasteiger partial charge in [-0.15, -0.1) is 0 Å². The van der Waals surface area contributed by atoms with Crippen molar-refractivity contribution in [3.05, 3.63) is 29.8 Å². The summed E-state index contributed by atoms with van der Waals surface area (Å²) >= 11 is 0. The van der Waals surface area contributed by atoms with Gasteiger partial charge in [-0.2, -0.15) is 0 Å². The van der Waals surface area contributed by atoms with E-state index in [1.54, 1.807) is 12.3 Å². The van der Waals surface area contributed by atoms with Crippen molar-refractivity contribution in [1.82, 2.24) is 10.3 Å². The van der Waals surface area contributed by atoms with Crippen LogP contribution < -0.4 is 5.32 Å². The summed E-state index contributed by atoms with van der Waals surface area (Å²) in [6, 6.07) is 1.83. The second-order valence-electron chi connectivity index (χ2n) is 4.58. The molecular formula is C12H17FN2. The molecule has 82 valence electrons. The summed E-state index contributed by atoms with van der Waals surface area (Å²) in [6.45, 7) is 5.22. The zero-order chi connectivity index (χ0) is 10.9. The van der Waals surface area contributed by atoms with E-state index in [0.717, 1.165) is 12.1 Å². The lowest BCUT2D eigenvalue weighted by Crippen LogP contribution is -2.28. The van der Waals surface area contributed by atoms with Gasteiger partial charge in [-0.05, 0) is 36.4 Å². The second-order valence-corrected chi connectivity index (χ2v) is 4.58. The second kappa shape index (κ2) is 3.89. The zero-order valence-electron chi connectivity index (χ0n) is 9.26. The molecule has 0 spiro atoms. The van der Waals surface area contributed by atoms with Gasteiger partial charge in [-0.3, -0.25) is 4.98 Å². The number of hydrogen-bond donors (Lipinski definition) is 1. The van der Waals surface area contributed by atoms with Crippen molar-refractivity contribution >= 4 is 0 Å². The fraction of sp³-hybridized carbons (Fsp3) is 0.583. The van der Waals surface area contributed by atoms with Crippen LogP contribution >= 0.6 is 0 Å². The molecule has 1 saturated carbocycles. The highest BCUT2D eigenvalue weighted by atomic mass is 19.1. The molecule has 0 aliphatic heterocycles. The van der Waals surface area contributed by atoms with Crippen LogP contribution in [-0.2, 0) is 0 Å². The summed E-state index contributed by atoms with van der Waals surface area (Å²) in [5, 5.41) is 3.42. The fourth-order valence-electron chi connectivity index (χ4n) is 2.04. The molecule has 1 fully saturated rings. The van der Waals surface area contributed by atoms with Gasteiger partial charge in [0.05, 0.1) is 6.20 Å². The number of nitrogens with zero attached hydrogens (tertiary/aromatic N) is 1. The van der Waals surface area contributed by atoms with Crippen molar-refractivity contribution in [1.29, 1.82) is 0 Å². The van der Waals surface area contributed by atoms with Crippen LogP contribution in [-0.4, -0.2) is 11.5 Å². The van der Waals surface area contributed by atoms with Gasteiger partial charge in [0.2, 0.25) is 0 Å². The molecule has 2 rings (SSSR count). The standard InChI is InChI=1S/C12H17FN2/c1-3-15-11(12(2)4-5-12)9-6-10(13)8-14-7-9/h6-8,11,15H,3-5H2,1-2H3. The summed E-state index contributed by atoms with van der Waals surface area (Å²) < 4.78 is 13.1. The van der Waals surface area contributed by atoms with Gasteiger partial charge < -0.3 is 5.32 Å². The Balaban J connectivity index is 2.24. The first-order chi connectivity index (χ1) is 7.15. The van der Waals surface area contributed by atoms with E-state index in [0.29, 0.717) is 5.41 Å². The average molecular weight is 208 g/mol. The molecular weight excluding hydrogens is 191 g/mol. The van der Waals surface area contributed by atoms with Gasteiger partial charge in [-0.25, -0.2) is 4.39 Å². The highest BCUT2D eigenvalue weighted by Crippen LogP contribution is 2.54. The van der Waals surface area contributed by atoms with Gasteiger partial charge in [-0.1, -0.05) is 13.8 Å². The Bertz CT molecular complexity index is 347. The predicted octanol–water partition coefficient (Wildman–Crippen LogP) is 2.67. The molecule has 0 aromatic carbocycles. The molecule has 0 bridgehead atoms. The third-order valence-electron chi connectivity index (χ3n) is 3.20. The van der Waals surface area contributed by atoms with Crippen molar-refractivity contribution < 1.29 is 4.39 Å². The van der Waals surface area contributed by atoms with Crippen molar-refractivity contribution in [3.8, 4) is 0 Å². The molecule has 1 atom stereocenters. The summed E-state index contributed by atoms with van der Waals surface area (Å²) in [6.07, 6.45) is 5.43. The number of rotatable bonds is 4. The van der Waals surface area contributed by atoms with E-state index >= 15 is 0 Å². The summed E-state index contributed by atoms with van der Waals surface area (Å²) in [7, 11) is 0. The van der Waals surface area contributed by atoms with E-state index in [1.165, 1.54) is 19.0 Å². The number of hydrogen-bond acceptors (Lipinski definition) is 2. The summed E-state index contributed by atoms with van der Waals surface area (Å²) in [4.78, 5) is 3.91. The van der Waals surface area contributed by atoms with Crippen LogP contribution in [0.4, 0.5) is 4.39 Å². The van der Waals surface area contributed by atoms with Crippen LogP contribution in [0, 0.1) is 11.2 Å². The molecule has 1 aromatic heterocycles. The monoisotopic (exact) mass is 208 g/mol. The minimum absolute atomic E-state index is 0.241. The Morgan fingerprint density at radius 2 is 2.27 bits per heavy atom. The summed E-state index contributed by atoms with van der Waals surface area (Å²) in [5.74, 6) is -0.250. The predicted molar refractivity (Wildman–Crippen MR) is 58.0 cm³/mol. The number of halogens is 1. The highest BCUT2D eigenvalue weighted by molar-refractivity contribution is 5.20. The maximum Gasteiger partial charge on any atom is 0.141 e. The van der Waals surface area contributed by atoms with Gasteiger partial charge in [0.15, 0.2) is 0 Å². The van der Waals surface area contributed by atoms with Crippen molar-refractivity contribution in [2.24, 2.45) is 5.41 Å². The molecule has 1 heterocycles. The minimum atomic E-state index is -0.250. The van der Waals surface area contributed by atoms with Crippen LogP contribution in [0.2, 0.25) is 0 Å². The van der Waals surface area contributed by atoms with Crippen molar-refractivity contribution in [2.45, 2.75) is 32.7 Å². The molecule has 0 radical (unpaired) electrons. The molecule has 1 aliphatic carbocycles. The minimum Gasteiger partial charge on any atom is -0.310 e. The molecule has 0 saturated heterocycles. The summed E-state index contributed by atoms with van der Waals surface area (Å²) in [5.41, 5.74) is 1.27. The van der Waals surface area contributed by atoms with Crippen LogP contribution in [0.15, 0.2) is 18.5 Å². The fourth-order valence-corrected chi connectivity index (χ4v) is 2.04. The van der Waals surface area contributed by atoms with E-state index < -0.39 is 0 Å². The smallest absolute Gasteiger partial charge is 0.141 e. The van der Waals surface area contributed by atoms with E-state index in [1.807, 2.05) is 0 Å². The maximum atomic E-state index is 13.1. The Morgan fingerprint density at radius 3 is 2.80 bits per heavy atom. The topological polar surface area (TPSA) is 24.9 Å². The largest absolute Gasteiger partial charge is 0.310 e. The normalized spacial score (nSPS) is 19.9. The first-order valence-corrected chi connectivity index (χ1v) is 5.49. The lowest BCUT2D eigenvalue weighted by molar-refractivity contribution is 0.371. The van der Waals surface area contributed by atoms with Gasteiger partial charge in [0.25, 0.3) is 0 Å².